The first-order valence-corrected chi connectivity index (χ1v) is 6.21. The van der Waals surface area contributed by atoms with Gasteiger partial charge in [-0.25, -0.2) is 0 Å². The largest absolute Gasteiger partial charge is 0.481 e. The zero-order valence-corrected chi connectivity index (χ0v) is 10.2. The van der Waals surface area contributed by atoms with E-state index < -0.39 is 5.97 Å². The molecule has 2 N–H and O–H groups in total. The predicted octanol–water partition coefficient (Wildman–Crippen LogP) is 1.07. The summed E-state index contributed by atoms with van der Waals surface area (Å²) in [6, 6.07) is 0.811. The molecule has 92 valence electrons. The second-order valence-electron chi connectivity index (χ2n) is 5.69. The van der Waals surface area contributed by atoms with Crippen LogP contribution in [-0.4, -0.2) is 46.7 Å². The molecule has 2 rings (SSSR count). The summed E-state index contributed by atoms with van der Waals surface area (Å²) in [5.74, 6) is -0.701. The Balaban J connectivity index is 2.02. The second kappa shape index (κ2) is 4.34. The summed E-state index contributed by atoms with van der Waals surface area (Å²) in [7, 11) is 0. The molecule has 1 heterocycles. The molecular formula is C12H22N2O2. The normalized spacial score (nSPS) is 31.0. The molecular weight excluding hydrogens is 204 g/mol. The van der Waals surface area contributed by atoms with Gasteiger partial charge in [0.05, 0.1) is 6.42 Å². The lowest BCUT2D eigenvalue weighted by atomic mass is 9.98. The van der Waals surface area contributed by atoms with Crippen LogP contribution >= 0.6 is 0 Å². The zero-order valence-electron chi connectivity index (χ0n) is 10.2. The average Bonchev–Trinajstić information content (AvgIpc) is 2.93. The quantitative estimate of drug-likeness (QED) is 0.755. The summed E-state index contributed by atoms with van der Waals surface area (Å²) < 4.78 is 0. The summed E-state index contributed by atoms with van der Waals surface area (Å²) in [4.78, 5) is 13.3. The van der Waals surface area contributed by atoms with E-state index in [9.17, 15) is 4.79 Å². The lowest BCUT2D eigenvalue weighted by Gasteiger charge is -2.38. The van der Waals surface area contributed by atoms with E-state index in [2.05, 4.69) is 24.1 Å². The lowest BCUT2D eigenvalue weighted by Crippen LogP contribution is -2.48. The van der Waals surface area contributed by atoms with Gasteiger partial charge < -0.3 is 10.4 Å². The lowest BCUT2D eigenvalue weighted by molar-refractivity contribution is -0.137. The first-order chi connectivity index (χ1) is 7.49. The Morgan fingerprint density at radius 3 is 2.75 bits per heavy atom. The summed E-state index contributed by atoms with van der Waals surface area (Å²) in [6.07, 6.45) is 3.89. The van der Waals surface area contributed by atoms with E-state index >= 15 is 0 Å². The Labute approximate surface area is 97.0 Å². The minimum absolute atomic E-state index is 0.111. The Morgan fingerprint density at radius 2 is 2.19 bits per heavy atom. The van der Waals surface area contributed by atoms with Crippen LogP contribution in [0.3, 0.4) is 0 Å². The van der Waals surface area contributed by atoms with Gasteiger partial charge in [-0.3, -0.25) is 9.69 Å². The van der Waals surface area contributed by atoms with Crippen molar-refractivity contribution < 1.29 is 9.90 Å². The number of carbonyl (C=O) groups is 1. The first kappa shape index (κ1) is 11.9. The van der Waals surface area contributed by atoms with Crippen molar-refractivity contribution >= 4 is 5.97 Å². The maximum absolute atomic E-state index is 10.8. The van der Waals surface area contributed by atoms with Crippen LogP contribution in [-0.2, 0) is 4.79 Å². The van der Waals surface area contributed by atoms with Gasteiger partial charge in [-0.1, -0.05) is 0 Å². The SMILES string of the molecule is CC1(C)CCNC(CC(=O)O)CN1C1CC1. The fourth-order valence-corrected chi connectivity index (χ4v) is 2.65. The molecule has 1 unspecified atom stereocenters. The van der Waals surface area contributed by atoms with Crippen LogP contribution in [0.25, 0.3) is 0 Å². The van der Waals surface area contributed by atoms with E-state index in [4.69, 9.17) is 5.11 Å². The third kappa shape index (κ3) is 2.74. The van der Waals surface area contributed by atoms with E-state index in [1.807, 2.05) is 0 Å². The molecule has 2 aliphatic rings. The molecule has 1 atom stereocenters. The van der Waals surface area contributed by atoms with Gasteiger partial charge in [0.15, 0.2) is 0 Å². The first-order valence-electron chi connectivity index (χ1n) is 6.21. The molecule has 0 aromatic heterocycles. The van der Waals surface area contributed by atoms with Crippen molar-refractivity contribution in [2.45, 2.75) is 57.2 Å². The third-order valence-corrected chi connectivity index (χ3v) is 3.77. The highest BCUT2D eigenvalue weighted by Crippen LogP contribution is 2.35. The number of aliphatic carboxylic acids is 1. The molecule has 1 saturated heterocycles. The van der Waals surface area contributed by atoms with Crippen LogP contribution in [0.2, 0.25) is 0 Å². The molecule has 4 heteroatoms. The van der Waals surface area contributed by atoms with Crippen LogP contribution in [0, 0.1) is 0 Å². The molecule has 1 saturated carbocycles. The van der Waals surface area contributed by atoms with E-state index in [-0.39, 0.29) is 18.0 Å². The van der Waals surface area contributed by atoms with Crippen LogP contribution < -0.4 is 5.32 Å². The Kier molecular flexibility index (Phi) is 3.22. The molecule has 0 bridgehead atoms. The van der Waals surface area contributed by atoms with Crippen LogP contribution in [0.4, 0.5) is 0 Å². The molecule has 4 nitrogen and oxygen atoms in total. The van der Waals surface area contributed by atoms with Gasteiger partial charge in [0.25, 0.3) is 0 Å². The number of hydrogen-bond acceptors (Lipinski definition) is 3. The highest BCUT2D eigenvalue weighted by molar-refractivity contribution is 5.67. The summed E-state index contributed by atoms with van der Waals surface area (Å²) in [5.41, 5.74) is 0.210. The van der Waals surface area contributed by atoms with Gasteiger partial charge in [-0.15, -0.1) is 0 Å². The highest BCUT2D eigenvalue weighted by atomic mass is 16.4. The van der Waals surface area contributed by atoms with Crippen molar-refractivity contribution in [2.75, 3.05) is 13.1 Å². The van der Waals surface area contributed by atoms with Gasteiger partial charge in [0.1, 0.15) is 0 Å². The molecule has 0 amide bonds. The van der Waals surface area contributed by atoms with Crippen molar-refractivity contribution in [3.8, 4) is 0 Å². The molecule has 1 aliphatic carbocycles. The topological polar surface area (TPSA) is 52.6 Å². The average molecular weight is 226 g/mol. The van der Waals surface area contributed by atoms with E-state index in [1.165, 1.54) is 12.8 Å². The van der Waals surface area contributed by atoms with Crippen molar-refractivity contribution in [3.63, 3.8) is 0 Å². The summed E-state index contributed by atoms with van der Waals surface area (Å²) in [6.45, 7) is 6.35. The van der Waals surface area contributed by atoms with E-state index in [0.717, 1.165) is 19.5 Å². The van der Waals surface area contributed by atoms with Crippen molar-refractivity contribution in [3.05, 3.63) is 0 Å². The monoisotopic (exact) mass is 226 g/mol. The van der Waals surface area contributed by atoms with Gasteiger partial charge in [0.2, 0.25) is 0 Å². The van der Waals surface area contributed by atoms with Crippen molar-refractivity contribution in [1.29, 1.82) is 0 Å². The number of rotatable bonds is 3. The van der Waals surface area contributed by atoms with Crippen molar-refractivity contribution in [1.82, 2.24) is 10.2 Å². The third-order valence-electron chi connectivity index (χ3n) is 3.77. The smallest absolute Gasteiger partial charge is 0.304 e. The Bertz CT molecular complexity index is 274. The maximum Gasteiger partial charge on any atom is 0.304 e. The molecule has 0 spiro atoms. The minimum Gasteiger partial charge on any atom is -0.481 e. The van der Waals surface area contributed by atoms with Crippen LogP contribution in [0.1, 0.15) is 39.5 Å². The predicted molar refractivity (Wildman–Crippen MR) is 62.5 cm³/mol. The number of nitrogens with one attached hydrogen (secondary N) is 1. The van der Waals surface area contributed by atoms with Crippen molar-refractivity contribution in [2.24, 2.45) is 0 Å². The minimum atomic E-state index is -0.701. The van der Waals surface area contributed by atoms with Gasteiger partial charge >= 0.3 is 5.97 Å². The van der Waals surface area contributed by atoms with Crippen LogP contribution in [0.5, 0.6) is 0 Å². The Hall–Kier alpha value is -0.610. The Morgan fingerprint density at radius 1 is 1.50 bits per heavy atom. The number of nitrogens with zero attached hydrogens (tertiary/aromatic N) is 1. The molecule has 0 aromatic rings. The van der Waals surface area contributed by atoms with Crippen LogP contribution in [0.15, 0.2) is 0 Å². The fourth-order valence-electron chi connectivity index (χ4n) is 2.65. The fraction of sp³-hybridized carbons (Fsp3) is 0.917. The number of carboxylic acids is 1. The number of hydrogen-bond donors (Lipinski definition) is 2. The second-order valence-corrected chi connectivity index (χ2v) is 5.69. The van der Waals surface area contributed by atoms with Gasteiger partial charge in [0, 0.05) is 24.2 Å². The maximum atomic E-state index is 10.8. The number of carboxylic acid groups (broad SMARTS) is 1. The molecule has 0 radical (unpaired) electrons. The highest BCUT2D eigenvalue weighted by Gasteiger charge is 2.40. The standard InChI is InChI=1S/C12H22N2O2/c1-12(2)5-6-13-9(7-11(15)16)8-14(12)10-3-4-10/h9-10,13H,3-8H2,1-2H3,(H,15,16). The summed E-state index contributed by atoms with van der Waals surface area (Å²) >= 11 is 0. The van der Waals surface area contributed by atoms with Gasteiger partial charge in [-0.05, 0) is 39.7 Å². The molecule has 0 aromatic carbocycles. The van der Waals surface area contributed by atoms with E-state index in [0.29, 0.717) is 6.04 Å². The summed E-state index contributed by atoms with van der Waals surface area (Å²) in [5, 5.41) is 12.2. The van der Waals surface area contributed by atoms with E-state index in [1.54, 1.807) is 0 Å². The molecule has 2 fully saturated rings. The molecule has 1 aliphatic heterocycles. The van der Waals surface area contributed by atoms with Gasteiger partial charge in [-0.2, -0.15) is 0 Å². The molecule has 16 heavy (non-hydrogen) atoms. The zero-order chi connectivity index (χ0) is 11.8.